The molecule has 0 spiro atoms. The largest absolute Gasteiger partial charge is 0.492 e. The molecule has 7 nitrogen and oxygen atoms in total. The van der Waals surface area contributed by atoms with Crippen LogP contribution in [0.4, 0.5) is 5.69 Å². The summed E-state index contributed by atoms with van der Waals surface area (Å²) >= 11 is 0. The second-order valence-corrected chi connectivity index (χ2v) is 5.95. The van der Waals surface area contributed by atoms with Crippen molar-refractivity contribution in [1.82, 2.24) is 20.3 Å². The number of aryl methyl sites for hydroxylation is 1. The first-order chi connectivity index (χ1) is 11.7. The van der Waals surface area contributed by atoms with E-state index in [9.17, 15) is 4.79 Å². The van der Waals surface area contributed by atoms with E-state index in [0.29, 0.717) is 29.8 Å². The summed E-state index contributed by atoms with van der Waals surface area (Å²) < 4.78 is 7.39. The Balaban J connectivity index is 1.72. The third-order valence-corrected chi connectivity index (χ3v) is 4.11. The fourth-order valence-corrected chi connectivity index (χ4v) is 2.82. The van der Waals surface area contributed by atoms with Crippen LogP contribution in [-0.4, -0.2) is 40.6 Å². The van der Waals surface area contributed by atoms with Crippen LogP contribution < -0.4 is 15.4 Å². The van der Waals surface area contributed by atoms with Gasteiger partial charge in [-0.3, -0.25) is 4.79 Å². The molecule has 1 aliphatic rings. The Bertz CT molecular complexity index is 707. The maximum atomic E-state index is 12.5. The number of aromatic nitrogens is 3. The molecule has 2 heterocycles. The van der Waals surface area contributed by atoms with Gasteiger partial charge in [0.25, 0.3) is 5.91 Å². The van der Waals surface area contributed by atoms with Gasteiger partial charge in [0.2, 0.25) is 0 Å². The molecule has 0 saturated carbocycles. The number of hydrogen-bond acceptors (Lipinski definition) is 5. The van der Waals surface area contributed by atoms with Gasteiger partial charge in [-0.15, -0.1) is 5.10 Å². The fourth-order valence-electron chi connectivity index (χ4n) is 2.82. The number of nitrogens with zero attached hydrogens (tertiary/aromatic N) is 3. The molecule has 1 aromatic carbocycles. The smallest absolute Gasteiger partial charge is 0.277 e. The minimum Gasteiger partial charge on any atom is -0.492 e. The molecule has 24 heavy (non-hydrogen) atoms. The summed E-state index contributed by atoms with van der Waals surface area (Å²) in [5.41, 5.74) is 2.04. The Morgan fingerprint density at radius 1 is 1.42 bits per heavy atom. The Morgan fingerprint density at radius 2 is 2.21 bits per heavy atom. The Kier molecular flexibility index (Phi) is 5.10. The first-order valence-electron chi connectivity index (χ1n) is 8.34. The zero-order valence-electron chi connectivity index (χ0n) is 14.1. The van der Waals surface area contributed by atoms with Gasteiger partial charge in [0, 0.05) is 0 Å². The maximum absolute atomic E-state index is 12.5. The van der Waals surface area contributed by atoms with Crippen molar-refractivity contribution < 1.29 is 9.53 Å². The number of piperidine rings is 1. The molecule has 7 heteroatoms. The molecule has 2 N–H and O–H groups in total. The lowest BCUT2D eigenvalue weighted by Gasteiger charge is -2.22. The van der Waals surface area contributed by atoms with Crippen molar-refractivity contribution in [2.24, 2.45) is 0 Å². The zero-order valence-corrected chi connectivity index (χ0v) is 14.1. The van der Waals surface area contributed by atoms with Crippen molar-refractivity contribution in [3.8, 4) is 5.75 Å². The average Bonchev–Trinajstić information content (AvgIpc) is 3.08. The minimum absolute atomic E-state index is 0.278. The van der Waals surface area contributed by atoms with Crippen LogP contribution in [0.2, 0.25) is 0 Å². The number of ether oxygens (including phenoxy) is 1. The zero-order chi connectivity index (χ0) is 16.9. The Labute approximate surface area is 141 Å². The van der Waals surface area contributed by atoms with Gasteiger partial charge < -0.3 is 15.4 Å². The van der Waals surface area contributed by atoms with E-state index in [1.54, 1.807) is 10.9 Å². The van der Waals surface area contributed by atoms with Crippen molar-refractivity contribution in [2.45, 2.75) is 32.7 Å². The number of carbonyl (C=O) groups is 1. The lowest BCUT2D eigenvalue weighted by Crippen LogP contribution is -2.29. The highest BCUT2D eigenvalue weighted by Crippen LogP contribution is 2.26. The SMILES string of the molecule is CCOc1cc(C)ccc1NC(=O)c1cn(C2CCNCC2)nn1. The van der Waals surface area contributed by atoms with Gasteiger partial charge >= 0.3 is 0 Å². The summed E-state index contributed by atoms with van der Waals surface area (Å²) in [4.78, 5) is 12.5. The molecule has 1 saturated heterocycles. The van der Waals surface area contributed by atoms with E-state index in [0.717, 1.165) is 31.5 Å². The van der Waals surface area contributed by atoms with Crippen LogP contribution in [0.5, 0.6) is 5.75 Å². The molecule has 128 valence electrons. The maximum Gasteiger partial charge on any atom is 0.277 e. The summed E-state index contributed by atoms with van der Waals surface area (Å²) in [5, 5.41) is 14.3. The molecule has 2 aromatic rings. The van der Waals surface area contributed by atoms with Crippen LogP contribution in [-0.2, 0) is 0 Å². The summed E-state index contributed by atoms with van der Waals surface area (Å²) in [6.45, 7) is 6.37. The normalized spacial score (nSPS) is 15.2. The number of hydrogen-bond donors (Lipinski definition) is 2. The van der Waals surface area contributed by atoms with Crippen LogP contribution in [0.1, 0.15) is 41.9 Å². The summed E-state index contributed by atoms with van der Waals surface area (Å²) in [5.74, 6) is 0.386. The van der Waals surface area contributed by atoms with Crippen molar-refractivity contribution in [2.75, 3.05) is 25.0 Å². The fraction of sp³-hybridized carbons (Fsp3) is 0.471. The number of amides is 1. The van der Waals surface area contributed by atoms with E-state index in [4.69, 9.17) is 4.74 Å². The quantitative estimate of drug-likeness (QED) is 0.878. The summed E-state index contributed by atoms with van der Waals surface area (Å²) in [6, 6.07) is 5.99. The van der Waals surface area contributed by atoms with Gasteiger partial charge in [-0.05, 0) is 57.5 Å². The molecule has 0 aliphatic carbocycles. The lowest BCUT2D eigenvalue weighted by atomic mass is 10.1. The highest BCUT2D eigenvalue weighted by atomic mass is 16.5. The van der Waals surface area contributed by atoms with E-state index < -0.39 is 0 Å². The summed E-state index contributed by atoms with van der Waals surface area (Å²) in [7, 11) is 0. The molecule has 3 rings (SSSR count). The third-order valence-electron chi connectivity index (χ3n) is 4.11. The second kappa shape index (κ2) is 7.44. The minimum atomic E-state index is -0.278. The molecule has 1 amide bonds. The summed E-state index contributed by atoms with van der Waals surface area (Å²) in [6.07, 6.45) is 3.72. The van der Waals surface area contributed by atoms with Gasteiger partial charge in [0.05, 0.1) is 24.5 Å². The predicted molar refractivity (Wildman–Crippen MR) is 91.5 cm³/mol. The van der Waals surface area contributed by atoms with E-state index in [1.165, 1.54) is 0 Å². The van der Waals surface area contributed by atoms with E-state index >= 15 is 0 Å². The topological polar surface area (TPSA) is 81.1 Å². The van der Waals surface area contributed by atoms with Crippen LogP contribution >= 0.6 is 0 Å². The number of anilines is 1. The number of nitrogens with one attached hydrogen (secondary N) is 2. The van der Waals surface area contributed by atoms with Crippen LogP contribution in [0.15, 0.2) is 24.4 Å². The van der Waals surface area contributed by atoms with Crippen molar-refractivity contribution in [1.29, 1.82) is 0 Å². The first kappa shape index (κ1) is 16.4. The molecule has 0 radical (unpaired) electrons. The van der Waals surface area contributed by atoms with Crippen LogP contribution in [0.25, 0.3) is 0 Å². The number of carbonyl (C=O) groups excluding carboxylic acids is 1. The molecular weight excluding hydrogens is 306 g/mol. The van der Waals surface area contributed by atoms with Gasteiger partial charge in [-0.25, -0.2) is 4.68 Å². The molecule has 1 fully saturated rings. The average molecular weight is 329 g/mol. The van der Waals surface area contributed by atoms with Gasteiger partial charge in [0.1, 0.15) is 5.75 Å². The van der Waals surface area contributed by atoms with Crippen molar-refractivity contribution in [3.63, 3.8) is 0 Å². The van der Waals surface area contributed by atoms with Gasteiger partial charge in [-0.2, -0.15) is 0 Å². The molecular formula is C17H23N5O2. The molecule has 0 atom stereocenters. The highest BCUT2D eigenvalue weighted by molar-refractivity contribution is 6.03. The van der Waals surface area contributed by atoms with Gasteiger partial charge in [-0.1, -0.05) is 11.3 Å². The second-order valence-electron chi connectivity index (χ2n) is 5.95. The van der Waals surface area contributed by atoms with Crippen LogP contribution in [0.3, 0.4) is 0 Å². The molecule has 0 unspecified atom stereocenters. The molecule has 0 bridgehead atoms. The molecule has 1 aliphatic heterocycles. The van der Waals surface area contributed by atoms with Crippen molar-refractivity contribution >= 4 is 11.6 Å². The van der Waals surface area contributed by atoms with Gasteiger partial charge in [0.15, 0.2) is 5.69 Å². The molecule has 1 aromatic heterocycles. The monoisotopic (exact) mass is 329 g/mol. The van der Waals surface area contributed by atoms with Crippen molar-refractivity contribution in [3.05, 3.63) is 35.7 Å². The number of benzene rings is 1. The third kappa shape index (κ3) is 3.73. The Morgan fingerprint density at radius 3 is 2.96 bits per heavy atom. The Hall–Kier alpha value is -2.41. The standard InChI is InChI=1S/C17H23N5O2/c1-3-24-16-10-12(2)4-5-14(16)19-17(23)15-11-22(21-20-15)13-6-8-18-9-7-13/h4-5,10-11,13,18H,3,6-9H2,1-2H3,(H,19,23). The van der Waals surface area contributed by atoms with E-state index in [1.807, 2.05) is 32.0 Å². The van der Waals surface area contributed by atoms with E-state index in [2.05, 4.69) is 20.9 Å². The lowest BCUT2D eigenvalue weighted by molar-refractivity contribution is 0.102. The van der Waals surface area contributed by atoms with Crippen LogP contribution in [0, 0.1) is 6.92 Å². The number of rotatable bonds is 5. The highest BCUT2D eigenvalue weighted by Gasteiger charge is 2.19. The first-order valence-corrected chi connectivity index (χ1v) is 8.34. The predicted octanol–water partition coefficient (Wildman–Crippen LogP) is 2.16. The van der Waals surface area contributed by atoms with E-state index in [-0.39, 0.29) is 5.91 Å².